The maximum Gasteiger partial charge on any atom is 0.255 e. The molecule has 24 heavy (non-hydrogen) atoms. The minimum absolute atomic E-state index is 0.0892. The first kappa shape index (κ1) is 16.4. The Kier molecular flexibility index (Phi) is 4.76. The van der Waals surface area contributed by atoms with Crippen LogP contribution in [0.2, 0.25) is 0 Å². The van der Waals surface area contributed by atoms with Crippen molar-refractivity contribution in [3.05, 3.63) is 69.5 Å². The van der Waals surface area contributed by atoms with E-state index in [1.54, 1.807) is 11.3 Å². The topological polar surface area (TPSA) is 42.0 Å². The van der Waals surface area contributed by atoms with Crippen LogP contribution in [0, 0.1) is 13.8 Å². The van der Waals surface area contributed by atoms with Crippen LogP contribution in [-0.2, 0) is 6.42 Å². The molecule has 1 heterocycles. The van der Waals surface area contributed by atoms with Crippen LogP contribution in [0.5, 0.6) is 0 Å². The molecule has 0 aliphatic rings. The number of hydrogen-bond donors (Lipinski definition) is 1. The molecule has 0 radical (unpaired) electrons. The lowest BCUT2D eigenvalue weighted by molar-refractivity contribution is 0.102. The summed E-state index contributed by atoms with van der Waals surface area (Å²) < 4.78 is 0. The second-order valence-corrected chi connectivity index (χ2v) is 7.09. The maximum atomic E-state index is 12.5. The van der Waals surface area contributed by atoms with Gasteiger partial charge in [0.05, 0.1) is 10.7 Å². The number of thiazole rings is 1. The molecule has 0 fully saturated rings. The van der Waals surface area contributed by atoms with Crippen LogP contribution in [0.15, 0.2) is 48.5 Å². The lowest BCUT2D eigenvalue weighted by Gasteiger charge is -2.10. The van der Waals surface area contributed by atoms with Crippen molar-refractivity contribution in [2.75, 3.05) is 5.32 Å². The van der Waals surface area contributed by atoms with Crippen LogP contribution in [0.25, 0.3) is 11.3 Å². The number of aryl methyl sites for hydroxylation is 3. The van der Waals surface area contributed by atoms with Crippen molar-refractivity contribution in [3.63, 3.8) is 0 Å². The van der Waals surface area contributed by atoms with Crippen LogP contribution in [0.1, 0.15) is 32.7 Å². The third kappa shape index (κ3) is 3.39. The molecule has 0 atom stereocenters. The van der Waals surface area contributed by atoms with Crippen molar-refractivity contribution in [3.8, 4) is 11.3 Å². The highest BCUT2D eigenvalue weighted by Gasteiger charge is 2.11. The largest absolute Gasteiger partial charge is 0.322 e. The Balaban J connectivity index is 1.80. The van der Waals surface area contributed by atoms with Gasteiger partial charge in [-0.1, -0.05) is 37.3 Å². The zero-order valence-electron chi connectivity index (χ0n) is 14.1. The number of benzene rings is 2. The standard InChI is InChI=1S/C20H20N2OS/c1-4-15-7-5-6-8-18(15)22-20(23)17-11-9-16(10-12-17)19-13(2)24-14(3)21-19/h5-12H,4H2,1-3H3,(H,22,23). The van der Waals surface area contributed by atoms with Crippen LogP contribution in [-0.4, -0.2) is 10.9 Å². The second-order valence-electron chi connectivity index (χ2n) is 5.68. The highest BCUT2D eigenvalue weighted by Crippen LogP contribution is 2.27. The van der Waals surface area contributed by atoms with Gasteiger partial charge in [0.2, 0.25) is 0 Å². The van der Waals surface area contributed by atoms with Crippen molar-refractivity contribution >= 4 is 22.9 Å². The molecule has 0 bridgehead atoms. The highest BCUT2D eigenvalue weighted by molar-refractivity contribution is 7.11. The van der Waals surface area contributed by atoms with Gasteiger partial charge < -0.3 is 5.32 Å². The van der Waals surface area contributed by atoms with E-state index >= 15 is 0 Å². The third-order valence-electron chi connectivity index (χ3n) is 3.97. The molecule has 0 aliphatic carbocycles. The summed E-state index contributed by atoms with van der Waals surface area (Å²) in [4.78, 5) is 18.2. The zero-order valence-corrected chi connectivity index (χ0v) is 14.9. The molecule has 1 aromatic heterocycles. The molecule has 0 spiro atoms. The van der Waals surface area contributed by atoms with E-state index in [1.165, 1.54) is 4.88 Å². The molecule has 1 amide bonds. The van der Waals surface area contributed by atoms with E-state index in [0.29, 0.717) is 5.56 Å². The molecular formula is C20H20N2OS. The number of nitrogens with zero attached hydrogens (tertiary/aromatic N) is 1. The van der Waals surface area contributed by atoms with Gasteiger partial charge in [-0.3, -0.25) is 4.79 Å². The average molecular weight is 336 g/mol. The number of anilines is 1. The summed E-state index contributed by atoms with van der Waals surface area (Å²) in [5, 5.41) is 4.06. The van der Waals surface area contributed by atoms with Crippen molar-refractivity contribution in [2.45, 2.75) is 27.2 Å². The van der Waals surface area contributed by atoms with Crippen LogP contribution >= 0.6 is 11.3 Å². The number of hydrogen-bond acceptors (Lipinski definition) is 3. The van der Waals surface area contributed by atoms with Gasteiger partial charge in [0.15, 0.2) is 0 Å². The first-order chi connectivity index (χ1) is 11.6. The van der Waals surface area contributed by atoms with Gasteiger partial charge in [-0.2, -0.15) is 0 Å². The first-order valence-corrected chi connectivity index (χ1v) is 8.84. The highest BCUT2D eigenvalue weighted by atomic mass is 32.1. The molecule has 1 N–H and O–H groups in total. The smallest absolute Gasteiger partial charge is 0.255 e. The van der Waals surface area contributed by atoms with Gasteiger partial charge in [0, 0.05) is 21.7 Å². The fraction of sp³-hybridized carbons (Fsp3) is 0.200. The van der Waals surface area contributed by atoms with E-state index in [0.717, 1.165) is 33.9 Å². The van der Waals surface area contributed by atoms with Crippen molar-refractivity contribution < 1.29 is 4.79 Å². The zero-order chi connectivity index (χ0) is 17.1. The quantitative estimate of drug-likeness (QED) is 0.708. The number of aromatic nitrogens is 1. The van der Waals surface area contributed by atoms with Crippen LogP contribution < -0.4 is 5.32 Å². The fourth-order valence-corrected chi connectivity index (χ4v) is 3.56. The van der Waals surface area contributed by atoms with Crippen molar-refractivity contribution in [1.29, 1.82) is 0 Å². The van der Waals surface area contributed by atoms with Crippen LogP contribution in [0.4, 0.5) is 5.69 Å². The summed E-state index contributed by atoms with van der Waals surface area (Å²) in [6.07, 6.45) is 0.887. The minimum Gasteiger partial charge on any atom is -0.322 e. The van der Waals surface area contributed by atoms with E-state index in [2.05, 4.69) is 24.1 Å². The van der Waals surface area contributed by atoms with Crippen LogP contribution in [0.3, 0.4) is 0 Å². The minimum atomic E-state index is -0.0892. The van der Waals surface area contributed by atoms with Gasteiger partial charge >= 0.3 is 0 Å². The molecule has 0 saturated heterocycles. The molecule has 0 unspecified atom stereocenters. The summed E-state index contributed by atoms with van der Waals surface area (Å²) in [5.74, 6) is -0.0892. The van der Waals surface area contributed by atoms with Gasteiger partial charge in [-0.15, -0.1) is 11.3 Å². The lowest BCUT2D eigenvalue weighted by atomic mass is 10.1. The Labute approximate surface area is 146 Å². The monoisotopic (exact) mass is 336 g/mol. The Morgan fingerprint density at radius 3 is 2.42 bits per heavy atom. The second kappa shape index (κ2) is 6.97. The molecule has 122 valence electrons. The van der Waals surface area contributed by atoms with E-state index in [9.17, 15) is 4.79 Å². The fourth-order valence-electron chi connectivity index (χ4n) is 2.72. The molecule has 0 aliphatic heterocycles. The van der Waals surface area contributed by atoms with Gasteiger partial charge in [0.1, 0.15) is 0 Å². The van der Waals surface area contributed by atoms with Gasteiger partial charge in [0.25, 0.3) is 5.91 Å². The summed E-state index contributed by atoms with van der Waals surface area (Å²) in [6.45, 7) is 6.16. The lowest BCUT2D eigenvalue weighted by Crippen LogP contribution is -2.13. The van der Waals surface area contributed by atoms with Gasteiger partial charge in [-0.05, 0) is 44.0 Å². The van der Waals surface area contributed by atoms with E-state index in [1.807, 2.05) is 55.5 Å². The average Bonchev–Trinajstić information content (AvgIpc) is 2.94. The number of para-hydroxylation sites is 1. The van der Waals surface area contributed by atoms with E-state index in [-0.39, 0.29) is 5.91 Å². The molecule has 3 rings (SSSR count). The molecule has 3 nitrogen and oxygen atoms in total. The SMILES string of the molecule is CCc1ccccc1NC(=O)c1ccc(-c2nc(C)sc2C)cc1. The Bertz CT molecular complexity index is 866. The van der Waals surface area contributed by atoms with Crippen molar-refractivity contribution in [1.82, 2.24) is 4.98 Å². The summed E-state index contributed by atoms with van der Waals surface area (Å²) >= 11 is 1.69. The number of nitrogens with one attached hydrogen (secondary N) is 1. The van der Waals surface area contributed by atoms with E-state index < -0.39 is 0 Å². The van der Waals surface area contributed by atoms with E-state index in [4.69, 9.17) is 0 Å². The van der Waals surface area contributed by atoms with Gasteiger partial charge in [-0.25, -0.2) is 4.98 Å². The third-order valence-corrected chi connectivity index (χ3v) is 4.86. The number of rotatable bonds is 4. The molecule has 4 heteroatoms. The first-order valence-electron chi connectivity index (χ1n) is 8.02. The molecule has 3 aromatic rings. The predicted molar refractivity (Wildman–Crippen MR) is 101 cm³/mol. The molecular weight excluding hydrogens is 316 g/mol. The number of carbonyl (C=O) groups is 1. The summed E-state index contributed by atoms with van der Waals surface area (Å²) in [6, 6.07) is 15.5. The normalized spacial score (nSPS) is 10.6. The number of carbonyl (C=O) groups excluding carboxylic acids is 1. The Hall–Kier alpha value is -2.46. The molecule has 0 saturated carbocycles. The molecule has 2 aromatic carbocycles. The summed E-state index contributed by atoms with van der Waals surface area (Å²) in [5.41, 5.74) is 4.70. The summed E-state index contributed by atoms with van der Waals surface area (Å²) in [7, 11) is 0. The predicted octanol–water partition coefficient (Wildman–Crippen LogP) is 5.24. The Morgan fingerprint density at radius 2 is 1.79 bits per heavy atom. The Morgan fingerprint density at radius 1 is 1.08 bits per heavy atom. The maximum absolute atomic E-state index is 12.5. The number of amides is 1. The van der Waals surface area contributed by atoms with Crippen molar-refractivity contribution in [2.24, 2.45) is 0 Å².